The van der Waals surface area contributed by atoms with E-state index in [0.29, 0.717) is 21.8 Å². The van der Waals surface area contributed by atoms with E-state index in [0.717, 1.165) is 0 Å². The smallest absolute Gasteiger partial charge is 0.247 e. The Morgan fingerprint density at radius 2 is 1.61 bits per heavy atom. The van der Waals surface area contributed by atoms with Gasteiger partial charge in [0, 0.05) is 10.6 Å². The van der Waals surface area contributed by atoms with Crippen LogP contribution >= 0.6 is 11.6 Å². The van der Waals surface area contributed by atoms with Gasteiger partial charge in [0.1, 0.15) is 6.04 Å². The van der Waals surface area contributed by atoms with Crippen molar-refractivity contribution in [3.05, 3.63) is 107 Å². The molecule has 0 saturated heterocycles. The van der Waals surface area contributed by atoms with Crippen molar-refractivity contribution in [3.63, 3.8) is 0 Å². The van der Waals surface area contributed by atoms with Crippen molar-refractivity contribution in [1.29, 1.82) is 0 Å². The third-order valence-corrected chi connectivity index (χ3v) is 6.15. The van der Waals surface area contributed by atoms with Gasteiger partial charge in [0.05, 0.1) is 11.5 Å². The Morgan fingerprint density at radius 1 is 0.935 bits per heavy atom. The number of halogens is 1. The summed E-state index contributed by atoms with van der Waals surface area (Å²) in [6.07, 6.45) is 0. The van der Waals surface area contributed by atoms with Crippen LogP contribution in [0.5, 0.6) is 0 Å². The summed E-state index contributed by atoms with van der Waals surface area (Å²) >= 11 is 5.88. The summed E-state index contributed by atoms with van der Waals surface area (Å²) in [6.45, 7) is 7.12. The van der Waals surface area contributed by atoms with Gasteiger partial charge in [-0.3, -0.25) is 0 Å². The minimum atomic E-state index is -3.94. The summed E-state index contributed by atoms with van der Waals surface area (Å²) in [5.41, 5.74) is 1.69. The largest absolute Gasteiger partial charge is 0.419 e. The lowest BCUT2D eigenvalue weighted by Crippen LogP contribution is -2.29. The van der Waals surface area contributed by atoms with Crippen LogP contribution in [0.2, 0.25) is 5.02 Å². The monoisotopic (exact) mass is 450 g/mol. The van der Waals surface area contributed by atoms with Crippen molar-refractivity contribution in [2.75, 3.05) is 0 Å². The highest BCUT2D eigenvalue weighted by atomic mass is 35.5. The number of nitrogens with one attached hydrogen (secondary N) is 1. The van der Waals surface area contributed by atoms with Crippen LogP contribution in [0, 0.1) is 6.57 Å². The molecule has 7 nitrogen and oxygen atoms in total. The Hall–Kier alpha value is -3.51. The van der Waals surface area contributed by atoms with Gasteiger partial charge in [-0.05, 0) is 42.0 Å². The molecule has 1 N–H and O–H groups in total. The summed E-state index contributed by atoms with van der Waals surface area (Å²) < 4.78 is 34.4. The molecule has 0 spiro atoms. The fraction of sp³-hybridized carbons (Fsp3) is 0.0455. The molecule has 0 bridgehead atoms. The van der Waals surface area contributed by atoms with Crippen LogP contribution in [0.4, 0.5) is 5.69 Å². The molecule has 9 heteroatoms. The van der Waals surface area contributed by atoms with E-state index in [1.165, 1.54) is 24.3 Å². The van der Waals surface area contributed by atoms with Gasteiger partial charge in [0.15, 0.2) is 5.69 Å². The highest BCUT2D eigenvalue weighted by Crippen LogP contribution is 2.28. The Kier molecular flexibility index (Phi) is 5.82. The summed E-state index contributed by atoms with van der Waals surface area (Å²) in [5.74, 6) is 0.344. The lowest BCUT2D eigenvalue weighted by atomic mass is 10.1. The Morgan fingerprint density at radius 3 is 2.26 bits per heavy atom. The topological polar surface area (TPSA) is 89.5 Å². The minimum Gasteiger partial charge on any atom is -0.419 e. The van der Waals surface area contributed by atoms with E-state index in [1.54, 1.807) is 24.3 Å². The number of benzene rings is 3. The zero-order chi connectivity index (χ0) is 21.8. The van der Waals surface area contributed by atoms with Gasteiger partial charge >= 0.3 is 0 Å². The third-order valence-electron chi connectivity index (χ3n) is 4.46. The average molecular weight is 451 g/mol. The first-order chi connectivity index (χ1) is 15.0. The summed E-state index contributed by atoms with van der Waals surface area (Å²) in [6, 6.07) is 20.5. The Labute approximate surface area is 184 Å². The number of hydrogen-bond acceptors (Lipinski definition) is 5. The lowest BCUT2D eigenvalue weighted by Gasteiger charge is -2.16. The molecule has 1 aromatic heterocycles. The average Bonchev–Trinajstić information content (AvgIpc) is 3.29. The number of sulfonamides is 1. The summed E-state index contributed by atoms with van der Waals surface area (Å²) in [7, 11) is -3.94. The van der Waals surface area contributed by atoms with E-state index in [4.69, 9.17) is 22.6 Å². The zero-order valence-corrected chi connectivity index (χ0v) is 17.5. The number of rotatable bonds is 6. The van der Waals surface area contributed by atoms with Crippen molar-refractivity contribution >= 4 is 27.3 Å². The molecule has 0 fully saturated rings. The highest BCUT2D eigenvalue weighted by Gasteiger charge is 2.27. The number of nitrogens with zero attached hydrogens (tertiary/aromatic N) is 3. The van der Waals surface area contributed by atoms with Crippen LogP contribution in [0.1, 0.15) is 17.5 Å². The van der Waals surface area contributed by atoms with Crippen LogP contribution in [0.3, 0.4) is 0 Å². The van der Waals surface area contributed by atoms with Crippen LogP contribution in [-0.2, 0) is 10.0 Å². The van der Waals surface area contributed by atoms with Crippen LogP contribution in [0.25, 0.3) is 16.3 Å². The molecule has 4 rings (SSSR count). The van der Waals surface area contributed by atoms with Gasteiger partial charge in [-0.15, -0.1) is 10.2 Å². The van der Waals surface area contributed by atoms with Gasteiger partial charge in [-0.1, -0.05) is 54.1 Å². The minimum absolute atomic E-state index is 0.0440. The van der Waals surface area contributed by atoms with Crippen molar-refractivity contribution in [1.82, 2.24) is 14.9 Å². The SMILES string of the molecule is [C-]#[N+]c1ccc(C(NS(=O)(=O)c2ccc(Cl)cc2)c2nnc(-c3ccccc3)o2)cc1. The molecule has 1 atom stereocenters. The second kappa shape index (κ2) is 8.70. The second-order valence-corrected chi connectivity index (χ2v) is 8.67. The Bertz CT molecular complexity index is 1330. The van der Waals surface area contributed by atoms with Gasteiger partial charge in [-0.25, -0.2) is 13.3 Å². The standard InChI is InChI=1S/C22H15ClN4O3S/c1-24-18-11-7-15(8-12-18)20(27-31(28,29)19-13-9-17(23)10-14-19)22-26-25-21(30-22)16-5-3-2-4-6-16/h2-14,20,27H. The molecule has 0 amide bonds. The molecule has 0 radical (unpaired) electrons. The van der Waals surface area contributed by atoms with Gasteiger partial charge in [0.2, 0.25) is 21.8 Å². The molecule has 0 saturated carbocycles. The molecule has 4 aromatic rings. The molecule has 154 valence electrons. The van der Waals surface area contributed by atoms with Gasteiger partial charge in [0.25, 0.3) is 0 Å². The van der Waals surface area contributed by atoms with Gasteiger partial charge < -0.3 is 4.42 Å². The highest BCUT2D eigenvalue weighted by molar-refractivity contribution is 7.89. The third kappa shape index (κ3) is 4.64. The normalized spacial score (nSPS) is 12.3. The van der Waals surface area contributed by atoms with E-state index in [-0.39, 0.29) is 16.7 Å². The zero-order valence-electron chi connectivity index (χ0n) is 15.9. The first kappa shape index (κ1) is 20.8. The van der Waals surface area contributed by atoms with E-state index in [9.17, 15) is 8.42 Å². The van der Waals surface area contributed by atoms with Crippen LogP contribution in [0.15, 0.2) is 88.2 Å². The summed E-state index contributed by atoms with van der Waals surface area (Å²) in [5, 5.41) is 8.57. The molecule has 1 unspecified atom stereocenters. The maximum atomic E-state index is 13.0. The molecule has 0 aliphatic heterocycles. The maximum Gasteiger partial charge on any atom is 0.247 e. The fourth-order valence-corrected chi connectivity index (χ4v) is 4.19. The van der Waals surface area contributed by atoms with E-state index in [2.05, 4.69) is 19.8 Å². The molecule has 3 aromatic carbocycles. The van der Waals surface area contributed by atoms with Crippen molar-refractivity contribution in [2.24, 2.45) is 0 Å². The van der Waals surface area contributed by atoms with E-state index >= 15 is 0 Å². The predicted octanol–water partition coefficient (Wildman–Crippen LogP) is 5.01. The summed E-state index contributed by atoms with van der Waals surface area (Å²) in [4.78, 5) is 3.41. The molecular weight excluding hydrogens is 436 g/mol. The lowest BCUT2D eigenvalue weighted by molar-refractivity contribution is 0.464. The number of aromatic nitrogens is 2. The second-order valence-electron chi connectivity index (χ2n) is 6.52. The fourth-order valence-electron chi connectivity index (χ4n) is 2.89. The molecule has 31 heavy (non-hydrogen) atoms. The van der Waals surface area contributed by atoms with E-state index in [1.807, 2.05) is 30.3 Å². The van der Waals surface area contributed by atoms with Crippen molar-refractivity contribution in [3.8, 4) is 11.5 Å². The first-order valence-corrected chi connectivity index (χ1v) is 11.0. The van der Waals surface area contributed by atoms with Gasteiger partial charge in [-0.2, -0.15) is 4.72 Å². The number of hydrogen-bond donors (Lipinski definition) is 1. The van der Waals surface area contributed by atoms with Crippen LogP contribution < -0.4 is 4.72 Å². The predicted molar refractivity (Wildman–Crippen MR) is 116 cm³/mol. The molecular formula is C22H15ClN4O3S. The molecule has 0 aliphatic carbocycles. The quantitative estimate of drug-likeness (QED) is 0.417. The van der Waals surface area contributed by atoms with Crippen LogP contribution in [-0.4, -0.2) is 18.6 Å². The molecule has 0 aliphatic rings. The van der Waals surface area contributed by atoms with E-state index < -0.39 is 16.1 Å². The first-order valence-electron chi connectivity index (χ1n) is 9.10. The molecule has 1 heterocycles. The Balaban J connectivity index is 1.74. The van der Waals surface area contributed by atoms with Crippen molar-refractivity contribution in [2.45, 2.75) is 10.9 Å². The maximum absolute atomic E-state index is 13.0. The van der Waals surface area contributed by atoms with Crippen molar-refractivity contribution < 1.29 is 12.8 Å².